The Balaban J connectivity index is 1.35. The van der Waals surface area contributed by atoms with Crippen LogP contribution < -0.4 is 0 Å². The highest BCUT2D eigenvalue weighted by molar-refractivity contribution is 5.64. The molecule has 1 saturated heterocycles. The molecule has 0 spiro atoms. The molecule has 1 saturated carbocycles. The predicted molar refractivity (Wildman–Crippen MR) is 113 cm³/mol. The summed E-state index contributed by atoms with van der Waals surface area (Å²) in [6, 6.07) is 4.33. The second-order valence-electron chi connectivity index (χ2n) is 8.88. The molecule has 0 aromatic carbocycles. The maximum absolute atomic E-state index is 15.0. The number of nitrogens with zero attached hydrogens (tertiary/aromatic N) is 6. The zero-order valence-electron chi connectivity index (χ0n) is 17.3. The molecule has 5 heterocycles. The molecule has 30 heavy (non-hydrogen) atoms. The molecule has 6 nitrogen and oxygen atoms in total. The Hall–Kier alpha value is -2.80. The third-order valence-electron chi connectivity index (χ3n) is 6.56. The fourth-order valence-corrected chi connectivity index (χ4v) is 4.80. The number of halogens is 1. The molecule has 1 aliphatic heterocycles. The van der Waals surface area contributed by atoms with E-state index in [0.717, 1.165) is 65.8 Å². The second-order valence-corrected chi connectivity index (χ2v) is 8.88. The highest BCUT2D eigenvalue weighted by atomic mass is 19.1. The zero-order chi connectivity index (χ0) is 20.4. The molecule has 6 rings (SSSR count). The molecule has 154 valence electrons. The van der Waals surface area contributed by atoms with Gasteiger partial charge in [-0.2, -0.15) is 5.10 Å². The molecule has 4 aromatic rings. The van der Waals surface area contributed by atoms with Crippen molar-refractivity contribution >= 4 is 11.3 Å². The Morgan fingerprint density at radius 2 is 1.73 bits per heavy atom. The third kappa shape index (κ3) is 2.99. The van der Waals surface area contributed by atoms with Gasteiger partial charge < -0.3 is 9.30 Å². The summed E-state index contributed by atoms with van der Waals surface area (Å²) in [6.07, 6.45) is 10.7. The number of rotatable bonds is 3. The fraction of sp³-hybridized carbons (Fsp3) is 0.435. The van der Waals surface area contributed by atoms with Crippen molar-refractivity contribution in [3.63, 3.8) is 0 Å². The minimum absolute atomic E-state index is 0.310. The quantitative estimate of drug-likeness (QED) is 0.515. The van der Waals surface area contributed by atoms with E-state index in [2.05, 4.69) is 20.0 Å². The summed E-state index contributed by atoms with van der Waals surface area (Å²) < 4.78 is 18.6. The van der Waals surface area contributed by atoms with Gasteiger partial charge in [0.2, 0.25) is 0 Å². The van der Waals surface area contributed by atoms with Gasteiger partial charge in [-0.25, -0.2) is 18.9 Å². The van der Waals surface area contributed by atoms with Gasteiger partial charge in [-0.3, -0.25) is 0 Å². The molecule has 0 amide bonds. The largest absolute Gasteiger partial charge is 0.304 e. The lowest BCUT2D eigenvalue weighted by Gasteiger charge is -2.31. The average molecular weight is 404 g/mol. The maximum Gasteiger partial charge on any atom is 0.173 e. The third-order valence-corrected chi connectivity index (χ3v) is 6.56. The molecule has 0 atom stereocenters. The number of aromatic nitrogens is 5. The van der Waals surface area contributed by atoms with Crippen molar-refractivity contribution < 1.29 is 4.39 Å². The fourth-order valence-electron chi connectivity index (χ4n) is 4.80. The lowest BCUT2D eigenvalue weighted by atomic mass is 9.94. The van der Waals surface area contributed by atoms with Gasteiger partial charge in [0.15, 0.2) is 17.1 Å². The van der Waals surface area contributed by atoms with Crippen LogP contribution in [-0.4, -0.2) is 48.0 Å². The summed E-state index contributed by atoms with van der Waals surface area (Å²) in [4.78, 5) is 11.8. The van der Waals surface area contributed by atoms with Crippen LogP contribution in [0.3, 0.4) is 0 Å². The van der Waals surface area contributed by atoms with E-state index in [4.69, 9.17) is 0 Å². The number of hydrogen-bond donors (Lipinski definition) is 0. The van der Waals surface area contributed by atoms with Gasteiger partial charge in [-0.1, -0.05) is 0 Å². The Labute approximate surface area is 174 Å². The molecule has 2 fully saturated rings. The molecule has 0 unspecified atom stereocenters. The van der Waals surface area contributed by atoms with Gasteiger partial charge in [0.05, 0.1) is 23.3 Å². The maximum atomic E-state index is 15.0. The van der Waals surface area contributed by atoms with Crippen molar-refractivity contribution in [2.45, 2.75) is 51.5 Å². The lowest BCUT2D eigenvalue weighted by molar-refractivity contribution is 0.202. The smallest absolute Gasteiger partial charge is 0.173 e. The van der Waals surface area contributed by atoms with Gasteiger partial charge in [0.25, 0.3) is 0 Å². The van der Waals surface area contributed by atoms with Gasteiger partial charge >= 0.3 is 0 Å². The van der Waals surface area contributed by atoms with Crippen LogP contribution in [0.1, 0.15) is 48.6 Å². The molecule has 2 aliphatic rings. The van der Waals surface area contributed by atoms with E-state index in [9.17, 15) is 4.39 Å². The lowest BCUT2D eigenvalue weighted by Crippen LogP contribution is -2.34. The first-order valence-electron chi connectivity index (χ1n) is 10.8. The van der Waals surface area contributed by atoms with E-state index >= 15 is 0 Å². The van der Waals surface area contributed by atoms with Crippen molar-refractivity contribution in [2.75, 3.05) is 13.1 Å². The minimum Gasteiger partial charge on any atom is -0.304 e. The summed E-state index contributed by atoms with van der Waals surface area (Å²) in [5, 5.41) is 4.65. The van der Waals surface area contributed by atoms with E-state index in [1.807, 2.05) is 42.9 Å². The molecule has 0 N–H and O–H groups in total. The van der Waals surface area contributed by atoms with Crippen molar-refractivity contribution in [2.24, 2.45) is 0 Å². The summed E-state index contributed by atoms with van der Waals surface area (Å²) >= 11 is 0. The van der Waals surface area contributed by atoms with E-state index < -0.39 is 0 Å². The number of piperidine rings is 1. The summed E-state index contributed by atoms with van der Waals surface area (Å²) in [5.41, 5.74) is 5.63. The molecule has 4 aromatic heterocycles. The Morgan fingerprint density at radius 1 is 0.933 bits per heavy atom. The van der Waals surface area contributed by atoms with Crippen molar-refractivity contribution in [3.05, 3.63) is 53.5 Å². The molecule has 7 heteroatoms. The van der Waals surface area contributed by atoms with Crippen molar-refractivity contribution in [3.8, 4) is 11.3 Å². The first-order chi connectivity index (χ1) is 14.5. The number of fused-ring (bicyclic) bond motifs is 2. The van der Waals surface area contributed by atoms with E-state index in [-0.39, 0.29) is 5.82 Å². The van der Waals surface area contributed by atoms with Crippen LogP contribution in [0.5, 0.6) is 0 Å². The number of pyridine rings is 1. The van der Waals surface area contributed by atoms with Crippen LogP contribution in [0.2, 0.25) is 0 Å². The number of hydrogen-bond acceptors (Lipinski definition) is 4. The molecule has 0 bridgehead atoms. The van der Waals surface area contributed by atoms with Crippen LogP contribution in [0, 0.1) is 19.7 Å². The standard InChI is InChI=1S/C23H25FN6/c1-14-9-20(27-30-11-15(2)25-22(14)30)17-10-19(24)23-26-21(13-29(23)12-17)16-5-7-28(8-6-16)18-3-4-18/h9-13,16,18H,3-8H2,1-2H3. The van der Waals surface area contributed by atoms with Crippen molar-refractivity contribution in [1.82, 2.24) is 28.9 Å². The van der Waals surface area contributed by atoms with E-state index in [1.165, 1.54) is 12.8 Å². The second kappa shape index (κ2) is 6.60. The first kappa shape index (κ1) is 18.0. The van der Waals surface area contributed by atoms with Crippen LogP contribution in [0.25, 0.3) is 22.6 Å². The van der Waals surface area contributed by atoms with Gasteiger partial charge in [0, 0.05) is 29.9 Å². The van der Waals surface area contributed by atoms with Crippen LogP contribution in [0.15, 0.2) is 30.7 Å². The number of likely N-dealkylation sites (tertiary alicyclic amines) is 1. The summed E-state index contributed by atoms with van der Waals surface area (Å²) in [5.74, 6) is 0.101. The number of imidazole rings is 2. The van der Waals surface area contributed by atoms with Gasteiger partial charge in [-0.15, -0.1) is 0 Å². The minimum atomic E-state index is -0.310. The Bertz CT molecular complexity index is 1260. The van der Waals surface area contributed by atoms with Gasteiger partial charge in [0.1, 0.15) is 0 Å². The van der Waals surface area contributed by atoms with Crippen LogP contribution in [0.4, 0.5) is 4.39 Å². The molecule has 0 radical (unpaired) electrons. The highest BCUT2D eigenvalue weighted by Gasteiger charge is 2.32. The van der Waals surface area contributed by atoms with E-state index in [1.54, 1.807) is 10.6 Å². The predicted octanol–water partition coefficient (Wildman–Crippen LogP) is 4.14. The highest BCUT2D eigenvalue weighted by Crippen LogP contribution is 2.34. The van der Waals surface area contributed by atoms with Crippen LogP contribution >= 0.6 is 0 Å². The molecular weight excluding hydrogens is 379 g/mol. The summed E-state index contributed by atoms with van der Waals surface area (Å²) in [7, 11) is 0. The average Bonchev–Trinajstić information content (AvgIpc) is 3.37. The SMILES string of the molecule is Cc1cn2nc(-c3cc(F)c4nc(C5CCN(C6CC6)CC5)cn4c3)cc(C)c2n1. The Kier molecular flexibility index (Phi) is 3.96. The molecule has 1 aliphatic carbocycles. The van der Waals surface area contributed by atoms with Crippen molar-refractivity contribution in [1.29, 1.82) is 0 Å². The van der Waals surface area contributed by atoms with E-state index in [0.29, 0.717) is 11.6 Å². The first-order valence-corrected chi connectivity index (χ1v) is 10.8. The monoisotopic (exact) mass is 404 g/mol. The normalized spacial score (nSPS) is 18.6. The summed E-state index contributed by atoms with van der Waals surface area (Å²) in [6.45, 7) is 6.21. The van der Waals surface area contributed by atoms with Gasteiger partial charge in [-0.05, 0) is 70.3 Å². The zero-order valence-corrected chi connectivity index (χ0v) is 17.3. The molecular formula is C23H25FN6. The topological polar surface area (TPSA) is 50.7 Å². The van der Waals surface area contributed by atoms with Crippen LogP contribution in [-0.2, 0) is 0 Å². The number of aryl methyl sites for hydroxylation is 2. The Morgan fingerprint density at radius 3 is 2.50 bits per heavy atom.